The van der Waals surface area contributed by atoms with E-state index < -0.39 is 114 Å². The number of Topliss-reactive ketones (excluding diaryl/α,β-unsaturated/α-hetero) is 2. The van der Waals surface area contributed by atoms with Gasteiger partial charge in [-0.15, -0.1) is 70.8 Å². The molecule has 127 heavy (non-hydrogen) atoms. The van der Waals surface area contributed by atoms with Crippen molar-refractivity contribution < 1.29 is 127 Å². The summed E-state index contributed by atoms with van der Waals surface area (Å²) >= 11 is 6.53. The zero-order valence-electron chi connectivity index (χ0n) is 73.1. The van der Waals surface area contributed by atoms with Crippen molar-refractivity contribution in [2.24, 2.45) is 34.4 Å². The lowest BCUT2D eigenvalue weighted by Gasteiger charge is -2.28. The Balaban J connectivity index is -0.00000146. The average molecular weight is 1900 g/mol. The number of nitrogens with zero attached hydrogens (tertiary/aromatic N) is 8. The number of likely N-dealkylation sites (tertiary alicyclic amines) is 1. The molecule has 0 saturated carbocycles. The Morgan fingerprint density at radius 1 is 0.480 bits per heavy atom. The number of carbonyl (C=O) groups is 7. The van der Waals surface area contributed by atoms with Gasteiger partial charge in [0.05, 0.1) is 44.6 Å². The molecule has 0 bridgehead atoms. The molecule has 14 N–H and O–H groups in total. The number of carbonyl (C=O) groups excluding carboxylic acids is 7. The Bertz CT molecular complexity index is 3370. The van der Waals surface area contributed by atoms with Gasteiger partial charge >= 0.3 is 24.0 Å². The number of nitrogens with one attached hydrogen (secondary N) is 2. The number of hydrogen-bond donors (Lipinski definition) is 8. The van der Waals surface area contributed by atoms with Gasteiger partial charge in [-0.05, 0) is 226 Å². The summed E-state index contributed by atoms with van der Waals surface area (Å²) in [4.78, 5) is 183. The topological polar surface area (TPSA) is 716 Å². The van der Waals surface area contributed by atoms with E-state index in [0.29, 0.717) is 166 Å². The molecule has 1 fully saturated rings. The molecule has 7 unspecified atom stereocenters. The van der Waals surface area contributed by atoms with Crippen LogP contribution in [0.5, 0.6) is 11.5 Å². The first kappa shape index (κ1) is 122. The number of benzene rings is 2. The predicted molar refractivity (Wildman–Crippen MR) is 470 cm³/mol. The van der Waals surface area contributed by atoms with Crippen LogP contribution < -0.4 is 54.5 Å². The molecule has 0 aromatic heterocycles. The van der Waals surface area contributed by atoms with Gasteiger partial charge in [0.2, 0.25) is 5.91 Å². The van der Waals surface area contributed by atoms with Crippen LogP contribution in [0.2, 0.25) is 0 Å². The van der Waals surface area contributed by atoms with Crippen molar-refractivity contribution in [3.8, 4) is 11.5 Å². The summed E-state index contributed by atoms with van der Waals surface area (Å²) in [6, 6.07) is 10.8. The number of amides is 2. The van der Waals surface area contributed by atoms with Gasteiger partial charge in [-0.3, -0.25) is 24.1 Å². The number of aryl methyl sites for hydroxylation is 2. The highest BCUT2D eigenvalue weighted by Gasteiger charge is 2.36. The molecule has 1 aliphatic heterocycles. The molecule has 1 saturated heterocycles. The maximum atomic E-state index is 12.3. The third-order valence-corrected chi connectivity index (χ3v) is 19.1. The van der Waals surface area contributed by atoms with Gasteiger partial charge in [0.1, 0.15) is 73.5 Å². The summed E-state index contributed by atoms with van der Waals surface area (Å²) in [6.07, 6.45) is 19.0. The van der Waals surface area contributed by atoms with Crippen LogP contribution in [-0.2, 0) is 89.7 Å². The molecule has 2 aromatic rings. The summed E-state index contributed by atoms with van der Waals surface area (Å²) in [5, 5.41) is 69.3. The SMILES string of the molecule is CC(C)(C)OC(=O)N1CCCC1C(=O)CCCCCO[N+](=O)[O-].CSCCC(N)C(=O)CCCOCCO[N+](=O)[O-].CSCCC(N)C(=O)OCCNCCO[N+](=O)[O-].CSCCC(N)C(=O)Oc1ccc(CCCO[N+](=O)[O-])cc1.CSCCC(N)C(=O)Oc1cccc(CCCO[N+](=O)[O-])c1.NCCCCC(N)C(=O)NCCCCC(CO[N+](=O)[O-])O[N+](=O)[O-]. The maximum Gasteiger partial charge on any atom is 0.410 e. The lowest BCUT2D eigenvalue weighted by Crippen LogP contribution is -2.43. The molecule has 2 amide bonds. The second-order valence-corrected chi connectivity index (χ2v) is 32.0. The number of thioether (sulfide) groups is 4. The van der Waals surface area contributed by atoms with E-state index in [1.807, 2.05) is 43.2 Å². The summed E-state index contributed by atoms with van der Waals surface area (Å²) in [5.41, 5.74) is 35.2. The molecular formula is C74H130N16O33S4. The van der Waals surface area contributed by atoms with Crippen LogP contribution in [0.25, 0.3) is 0 Å². The molecule has 7 atom stereocenters. The summed E-state index contributed by atoms with van der Waals surface area (Å²) < 4.78 is 25.8. The summed E-state index contributed by atoms with van der Waals surface area (Å²) in [5.74, 6) is 2.64. The highest BCUT2D eigenvalue weighted by Crippen LogP contribution is 2.24. The van der Waals surface area contributed by atoms with E-state index in [0.717, 1.165) is 53.4 Å². The zero-order valence-corrected chi connectivity index (χ0v) is 76.4. The van der Waals surface area contributed by atoms with Crippen molar-refractivity contribution in [1.29, 1.82) is 0 Å². The van der Waals surface area contributed by atoms with Gasteiger partial charge in [-0.1, -0.05) is 37.1 Å². The third-order valence-electron chi connectivity index (χ3n) is 16.5. The van der Waals surface area contributed by atoms with E-state index in [2.05, 4.69) is 44.5 Å². The fourth-order valence-electron chi connectivity index (χ4n) is 10.1. The minimum Gasteiger partial charge on any atom is -0.463 e. The van der Waals surface area contributed by atoms with Gasteiger partial charge < -0.3 is 103 Å². The largest absolute Gasteiger partial charge is 0.463 e. The Hall–Kier alpha value is -9.59. The minimum absolute atomic E-state index is 0.0311. The molecule has 49 nitrogen and oxygen atoms in total. The van der Waals surface area contributed by atoms with E-state index in [4.69, 9.17) is 58.1 Å². The molecule has 1 heterocycles. The van der Waals surface area contributed by atoms with Crippen LogP contribution in [-0.4, -0.2) is 270 Å². The lowest BCUT2D eigenvalue weighted by molar-refractivity contribution is -0.790. The van der Waals surface area contributed by atoms with E-state index in [1.165, 1.54) is 4.90 Å². The van der Waals surface area contributed by atoms with Crippen molar-refractivity contribution in [2.45, 2.75) is 210 Å². The number of ether oxygens (including phenoxy) is 5. The van der Waals surface area contributed by atoms with Gasteiger partial charge in [0.15, 0.2) is 5.78 Å². The van der Waals surface area contributed by atoms with Crippen LogP contribution in [0.4, 0.5) is 4.79 Å². The summed E-state index contributed by atoms with van der Waals surface area (Å²) in [6.45, 7) is 7.78. The maximum absolute atomic E-state index is 12.3. The minimum atomic E-state index is -1.04. The number of nitrogens with two attached hydrogens (primary N) is 6. The highest BCUT2D eigenvalue weighted by atomic mass is 32.2. The van der Waals surface area contributed by atoms with Crippen molar-refractivity contribution in [3.05, 3.63) is 130 Å². The normalized spacial score (nSPS) is 13.1. The first-order valence-electron chi connectivity index (χ1n) is 40.6. The van der Waals surface area contributed by atoms with Crippen molar-refractivity contribution in [3.63, 3.8) is 0 Å². The van der Waals surface area contributed by atoms with Gasteiger partial charge in [0, 0.05) is 45.6 Å². The monoisotopic (exact) mass is 1900 g/mol. The Kier molecular flexibility index (Phi) is 75.3. The lowest BCUT2D eigenvalue weighted by atomic mass is 10.0. The predicted octanol–water partition coefficient (Wildman–Crippen LogP) is 5.91. The Morgan fingerprint density at radius 2 is 0.976 bits per heavy atom. The number of rotatable bonds is 66. The van der Waals surface area contributed by atoms with E-state index in [9.17, 15) is 104 Å². The second-order valence-electron chi connectivity index (χ2n) is 28.0. The Labute approximate surface area is 753 Å². The van der Waals surface area contributed by atoms with Crippen molar-refractivity contribution in [2.75, 3.05) is 140 Å². The van der Waals surface area contributed by atoms with E-state index in [-0.39, 0.29) is 70.1 Å². The molecule has 0 spiro atoms. The standard InChI is InChI=1S/C15H26N2O6.2C14H20N2O5S.C12H25N5O7.C10H20N2O5S.C9H19N3O5S/c1-15(2,3)23-14(19)16-10-7-8-12(16)13(18)9-5-4-6-11-22-17(20)21;1-22-9-7-13(15)14(17)21-12-6-2-4-11(10-12)5-3-8-20-16(18)19;1-22-10-8-13(15)14(17)21-12-6-4-11(5-7-12)3-2-9-20-16(18)19;13-7-3-1-6-11(14)12(18)15-8-4-2-5-10(24-17(21)22)9-23-16(19)20;1-18-8-4-9(11)10(13)3-2-5-16-6-7-17-12(14)15;1-18-7-2-8(10)9(13)16-5-3-11-4-6-17-12(14)15/h12H,4-11H2,1-3H3;2,4,6,10,13H,3,5,7-9,15H2,1H3;4-7,13H,2-3,8-10,15H2,1H3;10-11H,1-9,13-14H2,(H,15,18);9H,2-8,11H2,1H3;8,11H,2-7,10H2,1H3. The first-order chi connectivity index (χ1) is 60.3. The van der Waals surface area contributed by atoms with Crippen molar-refractivity contribution in [1.82, 2.24) is 15.5 Å². The molecule has 0 radical (unpaired) electrons. The fraction of sp³-hybridized carbons (Fsp3) is 0.743. The van der Waals surface area contributed by atoms with Crippen molar-refractivity contribution >= 4 is 88.5 Å². The van der Waals surface area contributed by atoms with E-state index >= 15 is 0 Å². The average Bonchev–Trinajstić information content (AvgIpc) is 1.71. The quantitative estimate of drug-likeness (QED) is 0.0125. The molecule has 3 rings (SSSR count). The molecule has 53 heteroatoms. The highest BCUT2D eigenvalue weighted by molar-refractivity contribution is 7.99. The number of esters is 3. The molecule has 728 valence electrons. The van der Waals surface area contributed by atoms with Gasteiger partial charge in [-0.2, -0.15) is 47.0 Å². The van der Waals surface area contributed by atoms with Crippen LogP contribution in [0.15, 0.2) is 48.5 Å². The van der Waals surface area contributed by atoms with Gasteiger partial charge in [-0.25, -0.2) is 14.4 Å². The summed E-state index contributed by atoms with van der Waals surface area (Å²) in [7, 11) is 0. The second kappa shape index (κ2) is 78.6. The van der Waals surface area contributed by atoms with Crippen LogP contribution in [0.3, 0.4) is 0 Å². The zero-order chi connectivity index (χ0) is 96.2. The fourth-order valence-corrected chi connectivity index (χ4v) is 12.0. The molecule has 0 aliphatic carbocycles. The van der Waals surface area contributed by atoms with E-state index in [1.54, 1.807) is 98.2 Å². The molecular weight excluding hydrogens is 1770 g/mol. The van der Waals surface area contributed by atoms with Crippen LogP contribution in [0.1, 0.15) is 160 Å². The molecule has 2 aromatic carbocycles. The molecule has 1 aliphatic rings. The Morgan fingerprint density at radius 3 is 1.50 bits per heavy atom. The van der Waals surface area contributed by atoms with Crippen LogP contribution in [0, 0.1) is 70.8 Å². The smallest absolute Gasteiger partial charge is 0.410 e. The number of ketones is 2. The third kappa shape index (κ3) is 75.1. The first-order valence-corrected chi connectivity index (χ1v) is 46.1. The van der Waals surface area contributed by atoms with Crippen LogP contribution >= 0.6 is 47.0 Å². The number of unbranched alkanes of at least 4 members (excludes halogenated alkanes) is 4. The van der Waals surface area contributed by atoms with Gasteiger partial charge in [0.25, 0.3) is 35.6 Å². The number of hydrogen-bond acceptors (Lipinski definition) is 44.